The third-order valence-corrected chi connectivity index (χ3v) is 3.48. The van der Waals surface area contributed by atoms with Gasteiger partial charge in [-0.1, -0.05) is 0 Å². The van der Waals surface area contributed by atoms with Crippen LogP contribution in [0.4, 0.5) is 5.69 Å². The average molecular weight is 280 g/mol. The summed E-state index contributed by atoms with van der Waals surface area (Å²) >= 11 is 0. The summed E-state index contributed by atoms with van der Waals surface area (Å²) in [5.74, 6) is -0.415. The molecule has 1 aliphatic rings. The second kappa shape index (κ2) is 5.32. The van der Waals surface area contributed by atoms with Crippen LogP contribution in [0.3, 0.4) is 0 Å². The number of hydrogen-bond acceptors (Lipinski definition) is 4. The average Bonchev–Trinajstić information content (AvgIpc) is 2.87. The lowest BCUT2D eigenvalue weighted by Gasteiger charge is -2.27. The summed E-state index contributed by atoms with van der Waals surface area (Å²) in [4.78, 5) is 35.5. The van der Waals surface area contributed by atoms with Crippen LogP contribution < -0.4 is 5.32 Å². The Morgan fingerprint density at radius 3 is 2.95 bits per heavy atom. The van der Waals surface area contributed by atoms with Crippen LogP contribution in [0.5, 0.6) is 0 Å². The van der Waals surface area contributed by atoms with Crippen molar-refractivity contribution in [2.75, 3.05) is 20.1 Å². The van der Waals surface area contributed by atoms with Crippen molar-refractivity contribution in [2.45, 2.75) is 19.4 Å². The molecule has 1 N–H and O–H groups in total. The minimum atomic E-state index is -0.546. The van der Waals surface area contributed by atoms with E-state index in [-0.39, 0.29) is 35.7 Å². The van der Waals surface area contributed by atoms with E-state index in [1.165, 1.54) is 16.8 Å². The maximum atomic E-state index is 11.9. The molecular weight excluding hydrogens is 264 g/mol. The van der Waals surface area contributed by atoms with Crippen LogP contribution in [0.25, 0.3) is 0 Å². The first-order valence-electron chi connectivity index (χ1n) is 6.32. The number of carbonyl (C=O) groups excluding carboxylic acids is 2. The maximum Gasteiger partial charge on any atom is 0.287 e. The zero-order chi connectivity index (χ0) is 14.9. The number of hydrogen-bond donors (Lipinski definition) is 1. The molecule has 0 fully saturated rings. The van der Waals surface area contributed by atoms with Crippen molar-refractivity contribution in [3.05, 3.63) is 28.1 Å². The van der Waals surface area contributed by atoms with Gasteiger partial charge in [-0.2, -0.15) is 0 Å². The SMILES string of the molecule is CCN(C)C(=O)CC1CNC(=O)c2cc([N+](=O)[O-])cn21. The summed E-state index contributed by atoms with van der Waals surface area (Å²) in [5.41, 5.74) is 0.0817. The molecule has 2 amide bonds. The van der Waals surface area contributed by atoms with Crippen molar-refractivity contribution in [3.63, 3.8) is 0 Å². The predicted octanol–water partition coefficient (Wildman–Crippen LogP) is 0.549. The Morgan fingerprint density at radius 1 is 1.65 bits per heavy atom. The Balaban J connectivity index is 2.26. The van der Waals surface area contributed by atoms with Gasteiger partial charge < -0.3 is 14.8 Å². The summed E-state index contributed by atoms with van der Waals surface area (Å²) < 4.78 is 1.53. The van der Waals surface area contributed by atoms with Gasteiger partial charge in [-0.25, -0.2) is 0 Å². The molecule has 1 aromatic heterocycles. The van der Waals surface area contributed by atoms with Gasteiger partial charge in [0.25, 0.3) is 11.6 Å². The Hall–Kier alpha value is -2.38. The highest BCUT2D eigenvalue weighted by molar-refractivity contribution is 5.94. The van der Waals surface area contributed by atoms with Crippen LogP contribution in [0.2, 0.25) is 0 Å². The highest BCUT2D eigenvalue weighted by Gasteiger charge is 2.30. The van der Waals surface area contributed by atoms with E-state index >= 15 is 0 Å². The van der Waals surface area contributed by atoms with Crippen molar-refractivity contribution >= 4 is 17.5 Å². The van der Waals surface area contributed by atoms with Gasteiger partial charge in [0.15, 0.2) is 0 Å². The number of amides is 2. The van der Waals surface area contributed by atoms with Crippen molar-refractivity contribution in [1.82, 2.24) is 14.8 Å². The third-order valence-electron chi connectivity index (χ3n) is 3.48. The van der Waals surface area contributed by atoms with Gasteiger partial charge in [0.1, 0.15) is 5.69 Å². The highest BCUT2D eigenvalue weighted by Crippen LogP contribution is 2.25. The van der Waals surface area contributed by atoms with Gasteiger partial charge >= 0.3 is 0 Å². The molecule has 0 bridgehead atoms. The lowest BCUT2D eigenvalue weighted by Crippen LogP contribution is -2.40. The minimum absolute atomic E-state index is 0.0593. The molecule has 108 valence electrons. The molecule has 0 saturated heterocycles. The molecule has 1 aromatic rings. The Kier molecular flexibility index (Phi) is 3.73. The summed E-state index contributed by atoms with van der Waals surface area (Å²) in [6.07, 6.45) is 1.52. The van der Waals surface area contributed by atoms with Crippen molar-refractivity contribution in [1.29, 1.82) is 0 Å². The second-order valence-electron chi connectivity index (χ2n) is 4.72. The van der Waals surface area contributed by atoms with Gasteiger partial charge in [-0.3, -0.25) is 19.7 Å². The first kappa shape index (κ1) is 14.0. The van der Waals surface area contributed by atoms with Gasteiger partial charge in [0.2, 0.25) is 5.91 Å². The van der Waals surface area contributed by atoms with Crippen molar-refractivity contribution < 1.29 is 14.5 Å². The van der Waals surface area contributed by atoms with Crippen LogP contribution in [0, 0.1) is 10.1 Å². The molecular formula is C12H16N4O4. The van der Waals surface area contributed by atoms with Crippen LogP contribution in [-0.4, -0.2) is 46.3 Å². The minimum Gasteiger partial charge on any atom is -0.349 e. The molecule has 0 radical (unpaired) electrons. The number of carbonyl (C=O) groups is 2. The number of fused-ring (bicyclic) bond motifs is 1. The van der Waals surface area contributed by atoms with E-state index in [0.29, 0.717) is 13.1 Å². The van der Waals surface area contributed by atoms with E-state index in [9.17, 15) is 19.7 Å². The lowest BCUT2D eigenvalue weighted by atomic mass is 10.1. The van der Waals surface area contributed by atoms with E-state index in [0.717, 1.165) is 0 Å². The lowest BCUT2D eigenvalue weighted by molar-refractivity contribution is -0.384. The zero-order valence-electron chi connectivity index (χ0n) is 11.3. The van der Waals surface area contributed by atoms with E-state index < -0.39 is 4.92 Å². The molecule has 2 rings (SSSR count). The molecule has 1 unspecified atom stereocenters. The normalized spacial score (nSPS) is 17.3. The van der Waals surface area contributed by atoms with E-state index in [4.69, 9.17) is 0 Å². The number of rotatable bonds is 4. The summed E-state index contributed by atoms with van der Waals surface area (Å²) in [6, 6.07) is 0.938. The number of aromatic nitrogens is 1. The van der Waals surface area contributed by atoms with E-state index in [1.54, 1.807) is 11.9 Å². The topological polar surface area (TPSA) is 97.5 Å². The number of nitrogens with zero attached hydrogens (tertiary/aromatic N) is 3. The molecule has 1 aliphatic heterocycles. The van der Waals surface area contributed by atoms with Gasteiger partial charge in [-0.05, 0) is 6.92 Å². The first-order chi connectivity index (χ1) is 9.43. The molecule has 8 nitrogen and oxygen atoms in total. The van der Waals surface area contributed by atoms with Crippen molar-refractivity contribution in [3.8, 4) is 0 Å². The smallest absolute Gasteiger partial charge is 0.287 e. The van der Waals surface area contributed by atoms with Crippen LogP contribution in [-0.2, 0) is 4.79 Å². The van der Waals surface area contributed by atoms with Gasteiger partial charge in [0, 0.05) is 32.6 Å². The fourth-order valence-corrected chi connectivity index (χ4v) is 2.15. The third kappa shape index (κ3) is 2.49. The Bertz CT molecular complexity index is 566. The van der Waals surface area contributed by atoms with Crippen LogP contribution in [0.15, 0.2) is 12.3 Å². The van der Waals surface area contributed by atoms with Gasteiger partial charge in [-0.15, -0.1) is 0 Å². The molecule has 20 heavy (non-hydrogen) atoms. The van der Waals surface area contributed by atoms with Crippen LogP contribution >= 0.6 is 0 Å². The van der Waals surface area contributed by atoms with Crippen LogP contribution in [0.1, 0.15) is 29.9 Å². The first-order valence-corrected chi connectivity index (χ1v) is 6.32. The Labute approximate surface area is 115 Å². The monoisotopic (exact) mass is 280 g/mol. The number of nitro groups is 1. The summed E-state index contributed by atoms with van der Waals surface area (Å²) in [5, 5.41) is 13.4. The van der Waals surface area contributed by atoms with Gasteiger partial charge in [0.05, 0.1) is 17.2 Å². The fourth-order valence-electron chi connectivity index (χ4n) is 2.15. The maximum absolute atomic E-state index is 11.9. The quantitative estimate of drug-likeness (QED) is 0.643. The fraction of sp³-hybridized carbons (Fsp3) is 0.500. The zero-order valence-corrected chi connectivity index (χ0v) is 11.3. The molecule has 1 atom stereocenters. The van der Waals surface area contributed by atoms with Crippen molar-refractivity contribution in [2.24, 2.45) is 0 Å². The standard InChI is InChI=1S/C12H16N4O4/c1-3-14(2)11(17)5-8-6-13-12(18)10-4-9(16(19)20)7-15(8)10/h4,7-8H,3,5-6H2,1-2H3,(H,13,18). The summed E-state index contributed by atoms with van der Waals surface area (Å²) in [7, 11) is 1.70. The predicted molar refractivity (Wildman–Crippen MR) is 70.4 cm³/mol. The molecule has 0 aliphatic carbocycles. The molecule has 0 aromatic carbocycles. The summed E-state index contributed by atoms with van der Waals surface area (Å²) in [6.45, 7) is 2.75. The largest absolute Gasteiger partial charge is 0.349 e. The molecule has 8 heteroatoms. The highest BCUT2D eigenvalue weighted by atomic mass is 16.6. The molecule has 0 spiro atoms. The molecule has 0 saturated carbocycles. The number of nitrogens with one attached hydrogen (secondary N) is 1. The Morgan fingerprint density at radius 2 is 2.35 bits per heavy atom. The van der Waals surface area contributed by atoms with E-state index in [2.05, 4.69) is 5.32 Å². The second-order valence-corrected chi connectivity index (χ2v) is 4.72. The molecule has 2 heterocycles. The van der Waals surface area contributed by atoms with E-state index in [1.807, 2.05) is 6.92 Å².